The summed E-state index contributed by atoms with van der Waals surface area (Å²) in [5, 5.41) is 0. The molecule has 0 atom stereocenters. The average Bonchev–Trinajstić information content (AvgIpc) is 2.18. The molecule has 0 spiro atoms. The Morgan fingerprint density at radius 1 is 1.33 bits per heavy atom. The van der Waals surface area contributed by atoms with Gasteiger partial charge in [0.05, 0.1) is 12.5 Å². The van der Waals surface area contributed by atoms with E-state index in [0.29, 0.717) is 0 Å². The standard InChI is InChI=1S/C12H15NO2/c1-15-13-11(14)12(8-5-9-12)10-6-3-2-4-7-10/h2-4,6-7H,5,8-9H2,1H3,(H,13,14). The molecule has 0 bridgehead atoms. The van der Waals surface area contributed by atoms with E-state index >= 15 is 0 Å². The SMILES string of the molecule is CONC(=O)C1(c2ccccc2)CCC1. The van der Waals surface area contributed by atoms with Crippen molar-refractivity contribution in [3.63, 3.8) is 0 Å². The Kier molecular flexibility index (Phi) is 2.73. The molecule has 2 rings (SSSR count). The quantitative estimate of drug-likeness (QED) is 0.764. The summed E-state index contributed by atoms with van der Waals surface area (Å²) in [5.74, 6) is -0.0255. The van der Waals surface area contributed by atoms with Crippen molar-refractivity contribution in [3.8, 4) is 0 Å². The molecule has 1 aromatic rings. The fourth-order valence-corrected chi connectivity index (χ4v) is 2.12. The summed E-state index contributed by atoms with van der Waals surface area (Å²) < 4.78 is 0. The normalized spacial score (nSPS) is 17.9. The third-order valence-electron chi connectivity index (χ3n) is 3.16. The molecule has 0 aliphatic heterocycles. The number of carbonyl (C=O) groups excluding carboxylic acids is 1. The third-order valence-corrected chi connectivity index (χ3v) is 3.16. The second-order valence-corrected chi connectivity index (χ2v) is 3.94. The van der Waals surface area contributed by atoms with Crippen LogP contribution in [0.3, 0.4) is 0 Å². The molecule has 1 aliphatic rings. The van der Waals surface area contributed by atoms with Crippen molar-refractivity contribution in [2.45, 2.75) is 24.7 Å². The van der Waals surface area contributed by atoms with Gasteiger partial charge in [0, 0.05) is 0 Å². The predicted octanol–water partition coefficient (Wildman–Crippen LogP) is 1.79. The highest BCUT2D eigenvalue weighted by atomic mass is 16.6. The minimum absolute atomic E-state index is 0.0255. The molecule has 0 unspecified atom stereocenters. The van der Waals surface area contributed by atoms with Gasteiger partial charge in [-0.3, -0.25) is 9.63 Å². The van der Waals surface area contributed by atoms with Crippen molar-refractivity contribution < 1.29 is 9.63 Å². The summed E-state index contributed by atoms with van der Waals surface area (Å²) in [7, 11) is 1.47. The molecule has 0 aromatic heterocycles. The lowest BCUT2D eigenvalue weighted by Crippen LogP contribution is -2.48. The molecule has 3 heteroatoms. The van der Waals surface area contributed by atoms with Crippen LogP contribution in [0.2, 0.25) is 0 Å². The first-order chi connectivity index (χ1) is 7.29. The van der Waals surface area contributed by atoms with E-state index in [1.807, 2.05) is 30.3 Å². The van der Waals surface area contributed by atoms with Gasteiger partial charge in [-0.15, -0.1) is 0 Å². The lowest BCUT2D eigenvalue weighted by Gasteiger charge is -2.40. The Labute approximate surface area is 89.4 Å². The van der Waals surface area contributed by atoms with Gasteiger partial charge in [-0.2, -0.15) is 0 Å². The van der Waals surface area contributed by atoms with E-state index in [-0.39, 0.29) is 11.3 Å². The highest BCUT2D eigenvalue weighted by Crippen LogP contribution is 2.43. The average molecular weight is 205 g/mol. The van der Waals surface area contributed by atoms with Crippen LogP contribution in [0.15, 0.2) is 30.3 Å². The lowest BCUT2D eigenvalue weighted by molar-refractivity contribution is -0.140. The number of nitrogens with one attached hydrogen (secondary N) is 1. The topological polar surface area (TPSA) is 38.3 Å². The predicted molar refractivity (Wildman–Crippen MR) is 57.1 cm³/mol. The third kappa shape index (κ3) is 1.63. The number of hydroxylamine groups is 1. The van der Waals surface area contributed by atoms with Gasteiger partial charge in [-0.05, 0) is 18.4 Å². The van der Waals surface area contributed by atoms with Gasteiger partial charge in [0.15, 0.2) is 0 Å². The zero-order chi connectivity index (χ0) is 10.7. The molecule has 15 heavy (non-hydrogen) atoms. The zero-order valence-electron chi connectivity index (χ0n) is 8.82. The second kappa shape index (κ2) is 4.03. The lowest BCUT2D eigenvalue weighted by atomic mass is 9.64. The van der Waals surface area contributed by atoms with E-state index in [2.05, 4.69) is 5.48 Å². The van der Waals surface area contributed by atoms with E-state index in [9.17, 15) is 4.79 Å². The van der Waals surface area contributed by atoms with Gasteiger partial charge in [-0.25, -0.2) is 5.48 Å². The van der Waals surface area contributed by atoms with Crippen LogP contribution >= 0.6 is 0 Å². The summed E-state index contributed by atoms with van der Waals surface area (Å²) >= 11 is 0. The molecule has 1 aliphatic carbocycles. The van der Waals surface area contributed by atoms with Crippen LogP contribution < -0.4 is 5.48 Å². The molecule has 1 N–H and O–H groups in total. The van der Waals surface area contributed by atoms with Crippen LogP contribution in [-0.2, 0) is 15.0 Å². The van der Waals surface area contributed by atoms with Gasteiger partial charge in [0.2, 0.25) is 0 Å². The Balaban J connectivity index is 2.26. The minimum atomic E-state index is -0.350. The van der Waals surface area contributed by atoms with E-state index in [4.69, 9.17) is 4.84 Å². The highest BCUT2D eigenvalue weighted by molar-refractivity contribution is 5.88. The first kappa shape index (κ1) is 10.2. The van der Waals surface area contributed by atoms with Gasteiger partial charge >= 0.3 is 0 Å². The molecule has 1 fully saturated rings. The van der Waals surface area contributed by atoms with Crippen LogP contribution in [-0.4, -0.2) is 13.0 Å². The molecule has 3 nitrogen and oxygen atoms in total. The molecule has 80 valence electrons. The van der Waals surface area contributed by atoms with Crippen LogP contribution in [0.4, 0.5) is 0 Å². The molecular weight excluding hydrogens is 190 g/mol. The van der Waals surface area contributed by atoms with E-state index in [0.717, 1.165) is 24.8 Å². The molecular formula is C12H15NO2. The van der Waals surface area contributed by atoms with Crippen molar-refractivity contribution in [2.24, 2.45) is 0 Å². The van der Waals surface area contributed by atoms with Crippen molar-refractivity contribution in [3.05, 3.63) is 35.9 Å². The van der Waals surface area contributed by atoms with Crippen LogP contribution in [0.25, 0.3) is 0 Å². The number of amides is 1. The van der Waals surface area contributed by atoms with Gasteiger partial charge < -0.3 is 0 Å². The monoisotopic (exact) mass is 205 g/mol. The van der Waals surface area contributed by atoms with Crippen LogP contribution in [0, 0.1) is 0 Å². The van der Waals surface area contributed by atoms with E-state index < -0.39 is 0 Å². The second-order valence-electron chi connectivity index (χ2n) is 3.94. The molecule has 1 aromatic carbocycles. The number of rotatable bonds is 3. The zero-order valence-corrected chi connectivity index (χ0v) is 8.82. The van der Waals surface area contributed by atoms with Crippen molar-refractivity contribution in [1.82, 2.24) is 5.48 Å². The Hall–Kier alpha value is -1.35. The van der Waals surface area contributed by atoms with Crippen molar-refractivity contribution in [2.75, 3.05) is 7.11 Å². The largest absolute Gasteiger partial charge is 0.277 e. The smallest absolute Gasteiger partial charge is 0.254 e. The highest BCUT2D eigenvalue weighted by Gasteiger charge is 2.45. The Morgan fingerprint density at radius 3 is 2.47 bits per heavy atom. The maximum Gasteiger partial charge on any atom is 0.254 e. The minimum Gasteiger partial charge on any atom is -0.277 e. The Morgan fingerprint density at radius 2 is 2.00 bits per heavy atom. The molecule has 1 saturated carbocycles. The van der Waals surface area contributed by atoms with Gasteiger partial charge in [0.25, 0.3) is 5.91 Å². The Bertz CT molecular complexity index is 344. The van der Waals surface area contributed by atoms with Crippen LogP contribution in [0.5, 0.6) is 0 Å². The van der Waals surface area contributed by atoms with Gasteiger partial charge in [-0.1, -0.05) is 36.8 Å². The molecule has 0 saturated heterocycles. The van der Waals surface area contributed by atoms with Crippen molar-refractivity contribution in [1.29, 1.82) is 0 Å². The van der Waals surface area contributed by atoms with Crippen molar-refractivity contribution >= 4 is 5.91 Å². The number of hydrogen-bond acceptors (Lipinski definition) is 2. The first-order valence-electron chi connectivity index (χ1n) is 5.18. The first-order valence-corrected chi connectivity index (χ1v) is 5.18. The summed E-state index contributed by atoms with van der Waals surface area (Å²) in [6.45, 7) is 0. The number of hydrogen-bond donors (Lipinski definition) is 1. The van der Waals surface area contributed by atoms with Gasteiger partial charge in [0.1, 0.15) is 0 Å². The summed E-state index contributed by atoms with van der Waals surface area (Å²) in [6.07, 6.45) is 2.92. The summed E-state index contributed by atoms with van der Waals surface area (Å²) in [6, 6.07) is 9.91. The van der Waals surface area contributed by atoms with E-state index in [1.54, 1.807) is 0 Å². The summed E-state index contributed by atoms with van der Waals surface area (Å²) in [4.78, 5) is 16.6. The fraction of sp³-hybridized carbons (Fsp3) is 0.417. The van der Waals surface area contributed by atoms with E-state index in [1.165, 1.54) is 7.11 Å². The number of benzene rings is 1. The maximum absolute atomic E-state index is 11.9. The molecule has 0 radical (unpaired) electrons. The summed E-state index contributed by atoms with van der Waals surface area (Å²) in [5.41, 5.74) is 3.19. The maximum atomic E-state index is 11.9. The molecule has 1 amide bonds. The number of carbonyl (C=O) groups is 1. The van der Waals surface area contributed by atoms with Crippen LogP contribution in [0.1, 0.15) is 24.8 Å². The fourth-order valence-electron chi connectivity index (χ4n) is 2.12. The molecule has 0 heterocycles.